The van der Waals surface area contributed by atoms with Crippen LogP contribution in [0.1, 0.15) is 16.1 Å². The molecule has 2 aromatic carbocycles. The molecule has 154 valence electrons. The second-order valence-corrected chi connectivity index (χ2v) is 8.09. The number of nitrogens with zero attached hydrogens (tertiary/aromatic N) is 3. The maximum Gasteiger partial charge on any atom is 0.411 e. The third-order valence-corrected chi connectivity index (χ3v) is 5.84. The van der Waals surface area contributed by atoms with Crippen molar-refractivity contribution in [2.75, 3.05) is 12.4 Å². The first-order chi connectivity index (χ1) is 14.4. The molecule has 7 nitrogen and oxygen atoms in total. The van der Waals surface area contributed by atoms with E-state index in [4.69, 9.17) is 9.47 Å². The fraction of sp³-hybridized carbons (Fsp3) is 0.227. The van der Waals surface area contributed by atoms with Gasteiger partial charge in [-0.3, -0.25) is 10.00 Å². The van der Waals surface area contributed by atoms with E-state index in [9.17, 15) is 4.79 Å². The fourth-order valence-electron chi connectivity index (χ4n) is 3.16. The van der Waals surface area contributed by atoms with Crippen molar-refractivity contribution in [3.63, 3.8) is 0 Å². The van der Waals surface area contributed by atoms with Crippen molar-refractivity contribution in [2.45, 2.75) is 20.5 Å². The number of anilines is 1. The number of thiazole rings is 1. The highest BCUT2D eigenvalue weighted by molar-refractivity contribution is 7.15. The Labute approximate surface area is 178 Å². The summed E-state index contributed by atoms with van der Waals surface area (Å²) in [4.78, 5) is 17.8. The van der Waals surface area contributed by atoms with Crippen LogP contribution < -0.4 is 10.1 Å². The highest BCUT2D eigenvalue weighted by Gasteiger charge is 2.15. The first-order valence-corrected chi connectivity index (χ1v) is 10.2. The number of methoxy groups -OCH3 is 1. The Morgan fingerprint density at radius 2 is 2.03 bits per heavy atom. The van der Waals surface area contributed by atoms with Crippen LogP contribution in [0, 0.1) is 13.8 Å². The summed E-state index contributed by atoms with van der Waals surface area (Å²) in [5.41, 5.74) is 4.41. The first kappa shape index (κ1) is 19.9. The zero-order valence-corrected chi connectivity index (χ0v) is 18.0. The Kier molecular flexibility index (Phi) is 5.41. The molecule has 0 radical (unpaired) electrons. The zero-order valence-electron chi connectivity index (χ0n) is 17.2. The molecular formula is C22H22N4O3S. The van der Waals surface area contributed by atoms with Gasteiger partial charge in [-0.15, -0.1) is 11.3 Å². The number of rotatable bonds is 5. The Morgan fingerprint density at radius 3 is 2.83 bits per heavy atom. The van der Waals surface area contributed by atoms with E-state index in [-0.39, 0.29) is 6.61 Å². The van der Waals surface area contributed by atoms with Crippen molar-refractivity contribution in [2.24, 2.45) is 7.05 Å². The lowest BCUT2D eigenvalue weighted by Crippen LogP contribution is -2.13. The molecule has 1 N–H and O–H groups in total. The number of ether oxygens (including phenoxy) is 2. The summed E-state index contributed by atoms with van der Waals surface area (Å²) in [5, 5.41) is 8.87. The van der Waals surface area contributed by atoms with Gasteiger partial charge >= 0.3 is 6.09 Å². The molecule has 2 aromatic heterocycles. The monoisotopic (exact) mass is 422 g/mol. The summed E-state index contributed by atoms with van der Waals surface area (Å²) in [6, 6.07) is 11.5. The number of fused-ring (bicyclic) bond motifs is 1. The molecule has 4 rings (SSSR count). The lowest BCUT2D eigenvalue weighted by Gasteiger charge is -2.07. The largest absolute Gasteiger partial charge is 0.496 e. The summed E-state index contributed by atoms with van der Waals surface area (Å²) in [5.74, 6) is 0.778. The van der Waals surface area contributed by atoms with Gasteiger partial charge in [-0.1, -0.05) is 6.07 Å². The smallest absolute Gasteiger partial charge is 0.411 e. The van der Waals surface area contributed by atoms with Crippen molar-refractivity contribution >= 4 is 34.0 Å². The third kappa shape index (κ3) is 4.13. The van der Waals surface area contributed by atoms with Crippen LogP contribution >= 0.6 is 11.3 Å². The van der Waals surface area contributed by atoms with E-state index in [1.165, 1.54) is 11.3 Å². The number of carbonyl (C=O) groups excluding carboxylic acids is 1. The van der Waals surface area contributed by atoms with Crippen molar-refractivity contribution in [1.82, 2.24) is 14.8 Å². The Bertz CT molecular complexity index is 1230. The normalized spacial score (nSPS) is 10.9. The zero-order chi connectivity index (χ0) is 21.3. The van der Waals surface area contributed by atoms with Crippen LogP contribution in [0.25, 0.3) is 21.5 Å². The van der Waals surface area contributed by atoms with E-state index in [1.807, 2.05) is 57.4 Å². The maximum atomic E-state index is 12.3. The Balaban J connectivity index is 1.44. The quantitative estimate of drug-likeness (QED) is 0.486. The predicted octanol–water partition coefficient (Wildman–Crippen LogP) is 5.07. The van der Waals surface area contributed by atoms with Gasteiger partial charge in [-0.05, 0) is 49.7 Å². The molecule has 0 aliphatic heterocycles. The van der Waals surface area contributed by atoms with Crippen LogP contribution in [0.15, 0.2) is 42.6 Å². The minimum absolute atomic E-state index is 0.151. The predicted molar refractivity (Wildman–Crippen MR) is 118 cm³/mol. The van der Waals surface area contributed by atoms with Crippen LogP contribution in [-0.2, 0) is 18.4 Å². The number of amides is 1. The minimum Gasteiger partial charge on any atom is -0.496 e. The third-order valence-electron chi connectivity index (χ3n) is 4.68. The molecular weight excluding hydrogens is 400 g/mol. The summed E-state index contributed by atoms with van der Waals surface area (Å²) < 4.78 is 12.7. The van der Waals surface area contributed by atoms with Crippen molar-refractivity contribution in [3.05, 3.63) is 58.7 Å². The number of nitrogens with one attached hydrogen (secondary N) is 1. The molecule has 0 atom stereocenters. The second kappa shape index (κ2) is 8.16. The Morgan fingerprint density at radius 1 is 1.20 bits per heavy atom. The van der Waals surface area contributed by atoms with Crippen LogP contribution in [0.4, 0.5) is 10.5 Å². The first-order valence-electron chi connectivity index (χ1n) is 9.41. The highest BCUT2D eigenvalue weighted by Crippen LogP contribution is 2.35. The number of aromatic nitrogens is 3. The molecule has 0 unspecified atom stereocenters. The number of carbonyl (C=O) groups is 1. The lowest BCUT2D eigenvalue weighted by atomic mass is 10.1. The van der Waals surface area contributed by atoms with Crippen LogP contribution in [0.5, 0.6) is 5.75 Å². The minimum atomic E-state index is -0.513. The Hall–Kier alpha value is -3.39. The van der Waals surface area contributed by atoms with E-state index in [0.29, 0.717) is 5.69 Å². The topological polar surface area (TPSA) is 78.3 Å². The molecule has 1 amide bonds. The fourth-order valence-corrected chi connectivity index (χ4v) is 4.17. The number of benzene rings is 2. The molecule has 0 spiro atoms. The van der Waals surface area contributed by atoms with Gasteiger partial charge in [0.05, 0.1) is 28.8 Å². The molecule has 0 fully saturated rings. The van der Waals surface area contributed by atoms with Crippen LogP contribution in [0.2, 0.25) is 0 Å². The summed E-state index contributed by atoms with van der Waals surface area (Å²) in [7, 11) is 3.51. The van der Waals surface area contributed by atoms with Crippen LogP contribution in [0.3, 0.4) is 0 Å². The molecule has 0 aliphatic carbocycles. The van der Waals surface area contributed by atoms with E-state index in [1.54, 1.807) is 17.9 Å². The molecule has 0 saturated heterocycles. The highest BCUT2D eigenvalue weighted by atomic mass is 32.1. The van der Waals surface area contributed by atoms with Gasteiger partial charge in [0.25, 0.3) is 0 Å². The van der Waals surface area contributed by atoms with Gasteiger partial charge in [-0.25, -0.2) is 9.78 Å². The molecule has 0 saturated carbocycles. The van der Waals surface area contributed by atoms with Gasteiger partial charge in [-0.2, -0.15) is 5.10 Å². The van der Waals surface area contributed by atoms with Gasteiger partial charge in [0.1, 0.15) is 17.4 Å². The number of hydrogen-bond donors (Lipinski definition) is 1. The summed E-state index contributed by atoms with van der Waals surface area (Å²) in [6.45, 7) is 4.08. The van der Waals surface area contributed by atoms with Crippen LogP contribution in [-0.4, -0.2) is 28.0 Å². The average Bonchev–Trinajstić information content (AvgIpc) is 3.27. The molecule has 0 bridgehead atoms. The average molecular weight is 423 g/mol. The second-order valence-electron chi connectivity index (χ2n) is 7.01. The summed E-state index contributed by atoms with van der Waals surface area (Å²) in [6.07, 6.45) is 1.38. The van der Waals surface area contributed by atoms with Crippen molar-refractivity contribution in [1.29, 1.82) is 0 Å². The van der Waals surface area contributed by atoms with E-state index in [2.05, 4.69) is 15.4 Å². The lowest BCUT2D eigenvalue weighted by molar-refractivity contribution is 0.156. The SMILES string of the molecule is COc1cc(C)ccc1-c1nc(C)c(COC(=O)Nc2ccc3nn(C)cc3c2)s1. The van der Waals surface area contributed by atoms with E-state index in [0.717, 1.165) is 43.4 Å². The van der Waals surface area contributed by atoms with Crippen molar-refractivity contribution in [3.8, 4) is 16.3 Å². The number of aryl methyl sites for hydroxylation is 3. The van der Waals surface area contributed by atoms with E-state index >= 15 is 0 Å². The van der Waals surface area contributed by atoms with Crippen molar-refractivity contribution < 1.29 is 14.3 Å². The number of hydrogen-bond acceptors (Lipinski definition) is 6. The van der Waals surface area contributed by atoms with E-state index < -0.39 is 6.09 Å². The molecule has 4 aromatic rings. The van der Waals surface area contributed by atoms with Gasteiger partial charge < -0.3 is 9.47 Å². The molecule has 2 heterocycles. The van der Waals surface area contributed by atoms with Gasteiger partial charge in [0.15, 0.2) is 0 Å². The maximum absolute atomic E-state index is 12.3. The summed E-state index contributed by atoms with van der Waals surface area (Å²) >= 11 is 1.49. The van der Waals surface area contributed by atoms with Gasteiger partial charge in [0, 0.05) is 24.3 Å². The van der Waals surface area contributed by atoms with Gasteiger partial charge in [0.2, 0.25) is 0 Å². The standard InChI is InChI=1S/C22H22N4O3S/c1-13-5-7-17(19(9-13)28-4)21-23-14(2)20(30-21)12-29-22(27)24-16-6-8-18-15(10-16)11-26(3)25-18/h5-11H,12H2,1-4H3,(H,24,27). The molecule has 0 aliphatic rings. The molecule has 30 heavy (non-hydrogen) atoms. The molecule has 8 heteroatoms.